The minimum Gasteiger partial charge on any atom is -0.445 e. The largest absolute Gasteiger partial charge is 0.445 e. The molecular weight excluding hydrogens is 284 g/mol. The van der Waals surface area contributed by atoms with Gasteiger partial charge in [-0.2, -0.15) is 5.26 Å². The van der Waals surface area contributed by atoms with Crippen LogP contribution < -0.4 is 0 Å². The van der Waals surface area contributed by atoms with E-state index in [9.17, 15) is 4.79 Å². The molecule has 0 bridgehead atoms. The Hall–Kier alpha value is -1.54. The Kier molecular flexibility index (Phi) is 5.50. The average Bonchev–Trinajstić information content (AvgIpc) is 2.34. The second kappa shape index (κ2) is 6.92. The summed E-state index contributed by atoms with van der Waals surface area (Å²) in [5.41, 5.74) is 0.912. The van der Waals surface area contributed by atoms with Crippen LogP contribution in [-0.4, -0.2) is 24.6 Å². The van der Waals surface area contributed by atoms with Crippen molar-refractivity contribution in [3.05, 3.63) is 34.3 Å². The van der Waals surface area contributed by atoms with Gasteiger partial charge in [-0.05, 0) is 6.07 Å². The second-order valence-corrected chi connectivity index (χ2v) is 4.33. The highest BCUT2D eigenvalue weighted by Crippen LogP contribution is 2.16. The van der Waals surface area contributed by atoms with Crippen LogP contribution in [0.2, 0.25) is 0 Å². The van der Waals surface area contributed by atoms with Gasteiger partial charge in [-0.1, -0.05) is 34.1 Å². The lowest BCUT2D eigenvalue weighted by Gasteiger charge is -2.15. The fraction of sp³-hybridized carbons (Fsp3) is 0.333. The number of rotatable bonds is 4. The Bertz CT molecular complexity index is 429. The summed E-state index contributed by atoms with van der Waals surface area (Å²) in [5.74, 6) is 0. The SMILES string of the molecule is CN(CCC#N)C(=O)OCc1ccccc1Br. The van der Waals surface area contributed by atoms with Gasteiger partial charge in [0.15, 0.2) is 0 Å². The van der Waals surface area contributed by atoms with Crippen LogP contribution in [-0.2, 0) is 11.3 Å². The number of hydrogen-bond donors (Lipinski definition) is 0. The van der Waals surface area contributed by atoms with E-state index in [2.05, 4.69) is 15.9 Å². The maximum atomic E-state index is 11.5. The molecule has 1 rings (SSSR count). The van der Waals surface area contributed by atoms with Crippen molar-refractivity contribution in [3.63, 3.8) is 0 Å². The van der Waals surface area contributed by atoms with Crippen LogP contribution >= 0.6 is 15.9 Å². The summed E-state index contributed by atoms with van der Waals surface area (Å²) in [4.78, 5) is 12.9. The number of amides is 1. The Morgan fingerprint density at radius 1 is 1.53 bits per heavy atom. The van der Waals surface area contributed by atoms with E-state index < -0.39 is 6.09 Å². The van der Waals surface area contributed by atoms with Crippen LogP contribution in [0.1, 0.15) is 12.0 Å². The lowest BCUT2D eigenvalue weighted by Crippen LogP contribution is -2.28. The predicted octanol–water partition coefficient (Wildman–Crippen LogP) is 2.93. The highest BCUT2D eigenvalue weighted by atomic mass is 79.9. The van der Waals surface area contributed by atoms with Crippen LogP contribution in [0.25, 0.3) is 0 Å². The molecule has 0 aliphatic heterocycles. The zero-order chi connectivity index (χ0) is 12.7. The summed E-state index contributed by atoms with van der Waals surface area (Å²) in [6.07, 6.45) is -0.114. The summed E-state index contributed by atoms with van der Waals surface area (Å²) >= 11 is 3.38. The molecule has 90 valence electrons. The van der Waals surface area contributed by atoms with Gasteiger partial charge in [0.25, 0.3) is 0 Å². The lowest BCUT2D eigenvalue weighted by atomic mass is 10.2. The third kappa shape index (κ3) is 4.45. The molecule has 0 radical (unpaired) electrons. The quantitative estimate of drug-likeness (QED) is 0.858. The van der Waals surface area contributed by atoms with Crippen molar-refractivity contribution in [3.8, 4) is 6.07 Å². The molecule has 0 fully saturated rings. The fourth-order valence-corrected chi connectivity index (χ4v) is 1.57. The minimum absolute atomic E-state index is 0.219. The zero-order valence-electron chi connectivity index (χ0n) is 9.52. The molecule has 17 heavy (non-hydrogen) atoms. The fourth-order valence-electron chi connectivity index (χ4n) is 1.17. The molecule has 0 aliphatic carbocycles. The molecule has 0 atom stereocenters. The van der Waals surface area contributed by atoms with Gasteiger partial charge in [-0.3, -0.25) is 0 Å². The van der Waals surface area contributed by atoms with Crippen molar-refractivity contribution in [2.45, 2.75) is 13.0 Å². The van der Waals surface area contributed by atoms with E-state index in [-0.39, 0.29) is 6.61 Å². The number of halogens is 1. The van der Waals surface area contributed by atoms with Crippen LogP contribution in [0.5, 0.6) is 0 Å². The minimum atomic E-state index is -0.420. The lowest BCUT2D eigenvalue weighted by molar-refractivity contribution is 0.105. The molecule has 1 aromatic carbocycles. The van der Waals surface area contributed by atoms with Gasteiger partial charge >= 0.3 is 6.09 Å². The Morgan fingerprint density at radius 3 is 2.88 bits per heavy atom. The first-order chi connectivity index (χ1) is 8.15. The third-order valence-electron chi connectivity index (χ3n) is 2.18. The summed E-state index contributed by atoms with van der Waals surface area (Å²) in [6, 6.07) is 9.53. The van der Waals surface area contributed by atoms with E-state index >= 15 is 0 Å². The van der Waals surface area contributed by atoms with Crippen LogP contribution in [0, 0.1) is 11.3 Å². The molecule has 0 unspecified atom stereocenters. The zero-order valence-corrected chi connectivity index (χ0v) is 11.1. The second-order valence-electron chi connectivity index (χ2n) is 3.48. The summed E-state index contributed by atoms with van der Waals surface area (Å²) in [7, 11) is 1.61. The van der Waals surface area contributed by atoms with Gasteiger partial charge < -0.3 is 9.64 Å². The molecule has 1 aromatic rings. The molecule has 0 spiro atoms. The molecule has 1 amide bonds. The first-order valence-electron chi connectivity index (χ1n) is 5.13. The highest BCUT2D eigenvalue weighted by Gasteiger charge is 2.10. The molecule has 5 heteroatoms. The Balaban J connectivity index is 2.43. The van der Waals surface area contributed by atoms with Crippen molar-refractivity contribution in [2.75, 3.05) is 13.6 Å². The molecule has 4 nitrogen and oxygen atoms in total. The van der Waals surface area contributed by atoms with E-state index in [1.807, 2.05) is 30.3 Å². The van der Waals surface area contributed by atoms with Gasteiger partial charge in [0.2, 0.25) is 0 Å². The first-order valence-corrected chi connectivity index (χ1v) is 5.92. The van der Waals surface area contributed by atoms with E-state index in [0.717, 1.165) is 10.0 Å². The van der Waals surface area contributed by atoms with Gasteiger partial charge in [-0.15, -0.1) is 0 Å². The molecule has 0 aliphatic rings. The summed E-state index contributed by atoms with van der Waals surface area (Å²) in [6.45, 7) is 0.600. The van der Waals surface area contributed by atoms with Crippen molar-refractivity contribution in [1.29, 1.82) is 5.26 Å². The van der Waals surface area contributed by atoms with Crippen molar-refractivity contribution < 1.29 is 9.53 Å². The van der Waals surface area contributed by atoms with Gasteiger partial charge in [0, 0.05) is 23.6 Å². The molecular formula is C12H13BrN2O2. The molecule has 0 aromatic heterocycles. The monoisotopic (exact) mass is 296 g/mol. The van der Waals surface area contributed by atoms with E-state index in [1.165, 1.54) is 4.90 Å². The number of nitriles is 1. The van der Waals surface area contributed by atoms with Crippen LogP contribution in [0.3, 0.4) is 0 Å². The van der Waals surface area contributed by atoms with Crippen LogP contribution in [0.15, 0.2) is 28.7 Å². The van der Waals surface area contributed by atoms with E-state index in [4.69, 9.17) is 10.00 Å². The number of carbonyl (C=O) groups excluding carboxylic acids is 1. The van der Waals surface area contributed by atoms with E-state index in [0.29, 0.717) is 13.0 Å². The molecule has 0 saturated heterocycles. The maximum Gasteiger partial charge on any atom is 0.409 e. The molecule has 0 heterocycles. The predicted molar refractivity (Wildman–Crippen MR) is 67.2 cm³/mol. The number of benzene rings is 1. The Labute approximate surface area is 109 Å². The van der Waals surface area contributed by atoms with Crippen molar-refractivity contribution >= 4 is 22.0 Å². The average molecular weight is 297 g/mol. The topological polar surface area (TPSA) is 53.3 Å². The van der Waals surface area contributed by atoms with Crippen LogP contribution in [0.4, 0.5) is 4.79 Å². The number of ether oxygens (including phenoxy) is 1. The van der Waals surface area contributed by atoms with Gasteiger partial charge in [0.05, 0.1) is 12.5 Å². The van der Waals surface area contributed by atoms with Gasteiger partial charge in [0.1, 0.15) is 6.61 Å². The maximum absolute atomic E-state index is 11.5. The molecule has 0 saturated carbocycles. The summed E-state index contributed by atoms with van der Waals surface area (Å²) < 4.78 is 6.03. The first kappa shape index (κ1) is 13.5. The standard InChI is InChI=1S/C12H13BrN2O2/c1-15(8-4-7-14)12(16)17-9-10-5-2-3-6-11(10)13/h2-3,5-6H,4,8-9H2,1H3. The summed E-state index contributed by atoms with van der Waals surface area (Å²) in [5, 5.41) is 8.41. The van der Waals surface area contributed by atoms with E-state index in [1.54, 1.807) is 7.05 Å². The number of carbonyl (C=O) groups is 1. The third-order valence-corrected chi connectivity index (χ3v) is 2.95. The van der Waals surface area contributed by atoms with Crippen molar-refractivity contribution in [1.82, 2.24) is 4.90 Å². The van der Waals surface area contributed by atoms with Crippen molar-refractivity contribution in [2.24, 2.45) is 0 Å². The normalized spacial score (nSPS) is 9.47. The molecule has 0 N–H and O–H groups in total. The highest BCUT2D eigenvalue weighted by molar-refractivity contribution is 9.10. The Morgan fingerprint density at radius 2 is 2.24 bits per heavy atom. The number of hydrogen-bond acceptors (Lipinski definition) is 3. The smallest absolute Gasteiger partial charge is 0.409 e. The number of nitrogens with zero attached hydrogens (tertiary/aromatic N) is 2. The van der Waals surface area contributed by atoms with Gasteiger partial charge in [-0.25, -0.2) is 4.79 Å².